The standard InChI is InChI=1S/C15H24O3/c1-8-9(2)12-6-10(8)7-13(12)14(16)11-4-3-5-18-15(11)17/h8-14,16H,3-7H2,1-2H3. The van der Waals surface area contributed by atoms with Gasteiger partial charge in [-0.1, -0.05) is 13.8 Å². The van der Waals surface area contributed by atoms with Gasteiger partial charge in [-0.25, -0.2) is 0 Å². The van der Waals surface area contributed by atoms with E-state index in [4.69, 9.17) is 4.74 Å². The number of cyclic esters (lactones) is 1. The number of hydrogen-bond acceptors (Lipinski definition) is 3. The molecule has 0 spiro atoms. The lowest BCUT2D eigenvalue weighted by Crippen LogP contribution is -2.42. The molecule has 3 nitrogen and oxygen atoms in total. The number of hydrogen-bond donors (Lipinski definition) is 1. The van der Waals surface area contributed by atoms with Crippen molar-refractivity contribution in [3.05, 3.63) is 0 Å². The first-order chi connectivity index (χ1) is 8.59. The van der Waals surface area contributed by atoms with Crippen LogP contribution >= 0.6 is 0 Å². The zero-order valence-electron chi connectivity index (χ0n) is 11.3. The predicted octanol–water partition coefficient (Wildman–Crippen LogP) is 2.23. The number of carbonyl (C=O) groups is 1. The summed E-state index contributed by atoms with van der Waals surface area (Å²) in [7, 11) is 0. The molecule has 0 amide bonds. The summed E-state index contributed by atoms with van der Waals surface area (Å²) in [5.74, 6) is 2.78. The normalized spacial score (nSPS) is 49.2. The molecule has 7 atom stereocenters. The minimum Gasteiger partial charge on any atom is -0.465 e. The topological polar surface area (TPSA) is 46.5 Å². The number of rotatable bonds is 2. The van der Waals surface area contributed by atoms with E-state index in [9.17, 15) is 9.90 Å². The second-order valence-electron chi connectivity index (χ2n) is 6.68. The summed E-state index contributed by atoms with van der Waals surface area (Å²) in [6.45, 7) is 5.19. The van der Waals surface area contributed by atoms with E-state index in [1.54, 1.807) is 0 Å². The van der Waals surface area contributed by atoms with Crippen LogP contribution in [0.2, 0.25) is 0 Å². The second-order valence-corrected chi connectivity index (χ2v) is 6.68. The third-order valence-corrected chi connectivity index (χ3v) is 6.01. The lowest BCUT2D eigenvalue weighted by Gasteiger charge is -2.37. The van der Waals surface area contributed by atoms with Crippen molar-refractivity contribution >= 4 is 5.97 Å². The quantitative estimate of drug-likeness (QED) is 0.767. The zero-order chi connectivity index (χ0) is 12.9. The summed E-state index contributed by atoms with van der Waals surface area (Å²) >= 11 is 0. The van der Waals surface area contributed by atoms with Crippen molar-refractivity contribution in [1.29, 1.82) is 0 Å². The Kier molecular flexibility index (Phi) is 3.13. The van der Waals surface area contributed by atoms with E-state index in [0.29, 0.717) is 24.4 Å². The summed E-state index contributed by atoms with van der Waals surface area (Å²) < 4.78 is 5.10. The van der Waals surface area contributed by atoms with E-state index < -0.39 is 6.10 Å². The number of esters is 1. The minimum atomic E-state index is -0.470. The Balaban J connectivity index is 1.70. The molecule has 3 fully saturated rings. The smallest absolute Gasteiger partial charge is 0.311 e. The first kappa shape index (κ1) is 12.5. The molecule has 1 aliphatic heterocycles. The van der Waals surface area contributed by atoms with Gasteiger partial charge in [-0.2, -0.15) is 0 Å². The average Bonchev–Trinajstić information content (AvgIpc) is 2.91. The number of carbonyl (C=O) groups excluding carboxylic acids is 1. The van der Waals surface area contributed by atoms with Gasteiger partial charge in [0.1, 0.15) is 0 Å². The largest absolute Gasteiger partial charge is 0.465 e. The molecule has 0 aromatic rings. The molecule has 2 aliphatic carbocycles. The molecule has 18 heavy (non-hydrogen) atoms. The highest BCUT2D eigenvalue weighted by atomic mass is 16.5. The lowest BCUT2D eigenvalue weighted by atomic mass is 9.71. The van der Waals surface area contributed by atoms with Crippen molar-refractivity contribution < 1.29 is 14.6 Å². The lowest BCUT2D eigenvalue weighted by molar-refractivity contribution is -0.160. The van der Waals surface area contributed by atoms with Crippen LogP contribution in [0.5, 0.6) is 0 Å². The van der Waals surface area contributed by atoms with Crippen LogP contribution in [-0.4, -0.2) is 23.8 Å². The Bertz CT molecular complexity index is 339. The van der Waals surface area contributed by atoms with E-state index in [2.05, 4.69) is 13.8 Å². The highest BCUT2D eigenvalue weighted by molar-refractivity contribution is 5.73. The highest BCUT2D eigenvalue weighted by Gasteiger charge is 2.52. The first-order valence-electron chi connectivity index (χ1n) is 7.44. The SMILES string of the molecule is CC1C2CC(C1C)C(C(O)C1CCCOC1=O)C2. The maximum absolute atomic E-state index is 11.8. The molecule has 0 aromatic carbocycles. The number of aliphatic hydroxyl groups is 1. The zero-order valence-corrected chi connectivity index (χ0v) is 11.3. The Morgan fingerprint density at radius 3 is 2.67 bits per heavy atom. The third kappa shape index (κ3) is 1.78. The summed E-state index contributed by atoms with van der Waals surface area (Å²) in [5.41, 5.74) is 0. The number of ether oxygens (including phenoxy) is 1. The molecule has 3 aliphatic rings. The molecule has 1 N–H and O–H groups in total. The molecule has 3 rings (SSSR count). The maximum Gasteiger partial charge on any atom is 0.311 e. The maximum atomic E-state index is 11.8. The van der Waals surface area contributed by atoms with Gasteiger partial charge in [0, 0.05) is 0 Å². The summed E-state index contributed by atoms with van der Waals surface area (Å²) in [6, 6.07) is 0. The van der Waals surface area contributed by atoms with Crippen LogP contribution < -0.4 is 0 Å². The van der Waals surface area contributed by atoms with Crippen molar-refractivity contribution in [3.63, 3.8) is 0 Å². The van der Waals surface area contributed by atoms with Crippen LogP contribution in [0, 0.1) is 35.5 Å². The first-order valence-corrected chi connectivity index (χ1v) is 7.44. The molecule has 1 saturated heterocycles. The fourth-order valence-corrected chi connectivity index (χ4v) is 4.70. The molecule has 3 heteroatoms. The average molecular weight is 252 g/mol. The third-order valence-electron chi connectivity index (χ3n) is 6.01. The Hall–Kier alpha value is -0.570. The summed E-state index contributed by atoms with van der Waals surface area (Å²) in [5, 5.41) is 10.6. The van der Waals surface area contributed by atoms with Gasteiger partial charge in [0.25, 0.3) is 0 Å². The van der Waals surface area contributed by atoms with Gasteiger partial charge in [0.2, 0.25) is 0 Å². The Morgan fingerprint density at radius 1 is 1.28 bits per heavy atom. The van der Waals surface area contributed by atoms with E-state index in [1.165, 1.54) is 6.42 Å². The van der Waals surface area contributed by atoms with E-state index in [0.717, 1.165) is 31.1 Å². The molecular formula is C15H24O3. The van der Waals surface area contributed by atoms with Gasteiger partial charge in [-0.15, -0.1) is 0 Å². The van der Waals surface area contributed by atoms with Crippen LogP contribution in [0.15, 0.2) is 0 Å². The highest BCUT2D eigenvalue weighted by Crippen LogP contribution is 2.56. The van der Waals surface area contributed by atoms with Gasteiger partial charge < -0.3 is 9.84 Å². The predicted molar refractivity (Wildman–Crippen MR) is 67.7 cm³/mol. The van der Waals surface area contributed by atoms with Gasteiger partial charge >= 0.3 is 5.97 Å². The fraction of sp³-hybridized carbons (Fsp3) is 0.933. The molecule has 0 aromatic heterocycles. The van der Waals surface area contributed by atoms with Crippen molar-refractivity contribution in [3.8, 4) is 0 Å². The van der Waals surface area contributed by atoms with Crippen molar-refractivity contribution in [2.75, 3.05) is 6.61 Å². The van der Waals surface area contributed by atoms with Crippen LogP contribution in [0.4, 0.5) is 0 Å². The van der Waals surface area contributed by atoms with Gasteiger partial charge in [0.15, 0.2) is 0 Å². The number of aliphatic hydroxyl groups excluding tert-OH is 1. The summed E-state index contributed by atoms with van der Waals surface area (Å²) in [6.07, 6.45) is 3.60. The van der Waals surface area contributed by atoms with Crippen LogP contribution in [0.25, 0.3) is 0 Å². The van der Waals surface area contributed by atoms with Crippen LogP contribution in [0.1, 0.15) is 39.5 Å². The molecule has 1 heterocycles. The van der Waals surface area contributed by atoms with E-state index in [-0.39, 0.29) is 11.9 Å². The summed E-state index contributed by atoms with van der Waals surface area (Å²) in [4.78, 5) is 11.8. The molecule has 2 bridgehead atoms. The molecule has 2 saturated carbocycles. The molecule has 0 radical (unpaired) electrons. The van der Waals surface area contributed by atoms with Gasteiger partial charge in [-0.3, -0.25) is 4.79 Å². The Labute approximate surface area is 109 Å². The number of fused-ring (bicyclic) bond motifs is 2. The molecule has 102 valence electrons. The van der Waals surface area contributed by atoms with Crippen molar-refractivity contribution in [1.82, 2.24) is 0 Å². The van der Waals surface area contributed by atoms with Crippen molar-refractivity contribution in [2.45, 2.75) is 45.6 Å². The monoisotopic (exact) mass is 252 g/mol. The minimum absolute atomic E-state index is 0.169. The molecular weight excluding hydrogens is 228 g/mol. The van der Waals surface area contributed by atoms with Crippen LogP contribution in [0.3, 0.4) is 0 Å². The van der Waals surface area contributed by atoms with Crippen molar-refractivity contribution in [2.24, 2.45) is 35.5 Å². The van der Waals surface area contributed by atoms with Gasteiger partial charge in [0.05, 0.1) is 18.6 Å². The second kappa shape index (κ2) is 4.52. The van der Waals surface area contributed by atoms with Gasteiger partial charge in [-0.05, 0) is 55.3 Å². The van der Waals surface area contributed by atoms with E-state index in [1.807, 2.05) is 0 Å². The van der Waals surface area contributed by atoms with Crippen LogP contribution in [-0.2, 0) is 9.53 Å². The Morgan fingerprint density at radius 2 is 2.06 bits per heavy atom. The fourth-order valence-electron chi connectivity index (χ4n) is 4.70. The van der Waals surface area contributed by atoms with E-state index >= 15 is 0 Å². The molecule has 7 unspecified atom stereocenters.